The number of aliphatic hydroxyl groups is 1. The smallest absolute Gasteiger partial charge is 0.275 e. The van der Waals surface area contributed by atoms with Crippen molar-refractivity contribution in [1.82, 2.24) is 0 Å². The molecular weight excluding hydrogens is 268 g/mol. The van der Waals surface area contributed by atoms with Crippen LogP contribution in [0.15, 0.2) is 18.2 Å². The molecule has 1 saturated carbocycles. The van der Waals surface area contributed by atoms with E-state index in [1.54, 1.807) is 6.07 Å². The summed E-state index contributed by atoms with van der Waals surface area (Å²) in [4.78, 5) is 13.0. The predicted molar refractivity (Wildman–Crippen MR) is 81.3 cm³/mol. The first kappa shape index (κ1) is 14.3. The van der Waals surface area contributed by atoms with Gasteiger partial charge in [-0.1, -0.05) is 12.8 Å². The van der Waals surface area contributed by atoms with Crippen LogP contribution in [-0.4, -0.2) is 22.6 Å². The third-order valence-electron chi connectivity index (χ3n) is 5.00. The fourth-order valence-corrected chi connectivity index (χ4v) is 4.00. The number of fused-ring (bicyclic) bond motifs is 1. The number of piperidine rings is 1. The van der Waals surface area contributed by atoms with Crippen molar-refractivity contribution in [2.75, 3.05) is 11.4 Å². The Labute approximate surface area is 124 Å². The molecule has 2 aliphatic rings. The van der Waals surface area contributed by atoms with E-state index in [-0.39, 0.29) is 12.3 Å². The average Bonchev–Trinajstić information content (AvgIpc) is 2.53. The van der Waals surface area contributed by atoms with Crippen LogP contribution < -0.4 is 4.90 Å². The van der Waals surface area contributed by atoms with Crippen LogP contribution in [-0.2, 0) is 6.61 Å². The standard InChI is InChI=1S/C16H22N2O3/c19-11-13-10-14(7-8-16(13)18(20)21)17-9-3-5-12-4-1-2-6-15(12)17/h7-8,10,12,15,19H,1-6,9,11H2. The Hall–Kier alpha value is -1.62. The Balaban J connectivity index is 1.90. The first-order chi connectivity index (χ1) is 10.2. The molecule has 114 valence electrons. The zero-order valence-electron chi connectivity index (χ0n) is 12.2. The van der Waals surface area contributed by atoms with Gasteiger partial charge in [-0.15, -0.1) is 0 Å². The van der Waals surface area contributed by atoms with Crippen molar-refractivity contribution in [2.45, 2.75) is 51.2 Å². The van der Waals surface area contributed by atoms with Crippen molar-refractivity contribution >= 4 is 11.4 Å². The van der Waals surface area contributed by atoms with Crippen LogP contribution in [0.1, 0.15) is 44.1 Å². The maximum atomic E-state index is 11.0. The number of hydrogen-bond donors (Lipinski definition) is 1. The van der Waals surface area contributed by atoms with E-state index in [9.17, 15) is 15.2 Å². The first-order valence-electron chi connectivity index (χ1n) is 7.85. The van der Waals surface area contributed by atoms with Gasteiger partial charge in [0.1, 0.15) is 0 Å². The summed E-state index contributed by atoms with van der Waals surface area (Å²) in [6, 6.07) is 5.75. The van der Waals surface area contributed by atoms with Gasteiger partial charge < -0.3 is 10.0 Å². The Morgan fingerprint density at radius 2 is 2.00 bits per heavy atom. The van der Waals surface area contributed by atoms with Gasteiger partial charge in [-0.25, -0.2) is 0 Å². The molecule has 0 radical (unpaired) electrons. The summed E-state index contributed by atoms with van der Waals surface area (Å²) in [5.41, 5.74) is 1.45. The summed E-state index contributed by atoms with van der Waals surface area (Å²) in [7, 11) is 0. The number of nitro benzene ring substituents is 1. The van der Waals surface area contributed by atoms with E-state index in [1.165, 1.54) is 44.6 Å². The number of anilines is 1. The van der Waals surface area contributed by atoms with Gasteiger partial charge in [0.25, 0.3) is 5.69 Å². The Kier molecular flexibility index (Phi) is 4.10. The topological polar surface area (TPSA) is 66.6 Å². The van der Waals surface area contributed by atoms with E-state index in [2.05, 4.69) is 4.90 Å². The molecule has 0 aromatic heterocycles. The van der Waals surface area contributed by atoms with Crippen molar-refractivity contribution in [3.8, 4) is 0 Å². The molecule has 1 heterocycles. The van der Waals surface area contributed by atoms with Crippen LogP contribution in [0.2, 0.25) is 0 Å². The number of benzene rings is 1. The minimum Gasteiger partial charge on any atom is -0.391 e. The van der Waals surface area contributed by atoms with E-state index >= 15 is 0 Å². The van der Waals surface area contributed by atoms with Gasteiger partial charge in [0.05, 0.1) is 17.1 Å². The molecule has 0 spiro atoms. The predicted octanol–water partition coefficient (Wildman–Crippen LogP) is 3.25. The highest BCUT2D eigenvalue weighted by atomic mass is 16.6. The van der Waals surface area contributed by atoms with Gasteiger partial charge in [0.2, 0.25) is 0 Å². The molecule has 2 atom stereocenters. The normalized spacial score (nSPS) is 25.5. The maximum absolute atomic E-state index is 11.0. The summed E-state index contributed by atoms with van der Waals surface area (Å²) < 4.78 is 0. The largest absolute Gasteiger partial charge is 0.391 e. The minimum atomic E-state index is -0.422. The highest BCUT2D eigenvalue weighted by Gasteiger charge is 2.33. The van der Waals surface area contributed by atoms with Gasteiger partial charge >= 0.3 is 0 Å². The van der Waals surface area contributed by atoms with E-state index in [4.69, 9.17) is 0 Å². The zero-order chi connectivity index (χ0) is 14.8. The average molecular weight is 290 g/mol. The Morgan fingerprint density at radius 1 is 1.24 bits per heavy atom. The second kappa shape index (κ2) is 6.02. The molecule has 5 heteroatoms. The molecule has 0 amide bonds. The van der Waals surface area contributed by atoms with E-state index in [1.807, 2.05) is 6.07 Å². The summed E-state index contributed by atoms with van der Waals surface area (Å²) in [5.74, 6) is 0.764. The van der Waals surface area contributed by atoms with Crippen LogP contribution in [0.3, 0.4) is 0 Å². The summed E-state index contributed by atoms with van der Waals surface area (Å²) in [6.45, 7) is 0.732. The summed E-state index contributed by atoms with van der Waals surface area (Å²) in [5, 5.41) is 20.4. The minimum absolute atomic E-state index is 0.0125. The molecule has 1 saturated heterocycles. The van der Waals surface area contributed by atoms with Gasteiger partial charge in [-0.05, 0) is 43.7 Å². The lowest BCUT2D eigenvalue weighted by Gasteiger charge is -2.45. The van der Waals surface area contributed by atoms with Crippen LogP contribution in [0.4, 0.5) is 11.4 Å². The second-order valence-electron chi connectivity index (χ2n) is 6.18. The van der Waals surface area contributed by atoms with Crippen LogP contribution in [0.5, 0.6) is 0 Å². The molecule has 5 nitrogen and oxygen atoms in total. The molecule has 0 bridgehead atoms. The van der Waals surface area contributed by atoms with Crippen molar-refractivity contribution in [1.29, 1.82) is 0 Å². The number of hydrogen-bond acceptors (Lipinski definition) is 4. The van der Waals surface area contributed by atoms with E-state index in [0.29, 0.717) is 11.6 Å². The van der Waals surface area contributed by atoms with Crippen molar-refractivity contribution < 1.29 is 10.0 Å². The van der Waals surface area contributed by atoms with Crippen molar-refractivity contribution in [3.05, 3.63) is 33.9 Å². The lowest BCUT2D eigenvalue weighted by atomic mass is 9.78. The number of nitrogens with zero attached hydrogens (tertiary/aromatic N) is 2. The van der Waals surface area contributed by atoms with Crippen LogP contribution in [0.25, 0.3) is 0 Å². The molecule has 2 unspecified atom stereocenters. The highest BCUT2D eigenvalue weighted by molar-refractivity contribution is 5.56. The highest BCUT2D eigenvalue weighted by Crippen LogP contribution is 2.38. The number of rotatable bonds is 3. The molecule has 1 N–H and O–H groups in total. The molecular formula is C16H22N2O3. The van der Waals surface area contributed by atoms with Crippen LogP contribution >= 0.6 is 0 Å². The van der Waals surface area contributed by atoms with Gasteiger partial charge in [0.15, 0.2) is 0 Å². The van der Waals surface area contributed by atoms with Gasteiger partial charge in [-0.3, -0.25) is 10.1 Å². The fourth-order valence-electron chi connectivity index (χ4n) is 4.00. The Bertz CT molecular complexity index is 530. The third kappa shape index (κ3) is 2.75. The fraction of sp³-hybridized carbons (Fsp3) is 0.625. The lowest BCUT2D eigenvalue weighted by molar-refractivity contribution is -0.385. The molecule has 1 aliphatic heterocycles. The van der Waals surface area contributed by atoms with Gasteiger partial charge in [-0.2, -0.15) is 0 Å². The summed E-state index contributed by atoms with van der Waals surface area (Å²) >= 11 is 0. The van der Waals surface area contributed by atoms with E-state index < -0.39 is 4.92 Å². The third-order valence-corrected chi connectivity index (χ3v) is 5.00. The zero-order valence-corrected chi connectivity index (χ0v) is 12.2. The quantitative estimate of drug-likeness (QED) is 0.685. The van der Waals surface area contributed by atoms with E-state index in [0.717, 1.165) is 18.2 Å². The van der Waals surface area contributed by atoms with Gasteiger partial charge in [0, 0.05) is 24.3 Å². The van der Waals surface area contributed by atoms with Crippen LogP contribution in [0, 0.1) is 16.0 Å². The molecule has 1 aromatic carbocycles. The lowest BCUT2D eigenvalue weighted by Crippen LogP contribution is -2.46. The number of nitro groups is 1. The SMILES string of the molecule is O=[N+]([O-])c1ccc(N2CCCC3CCCCC32)cc1CO. The Morgan fingerprint density at radius 3 is 2.76 bits per heavy atom. The van der Waals surface area contributed by atoms with Crippen molar-refractivity contribution in [2.24, 2.45) is 5.92 Å². The monoisotopic (exact) mass is 290 g/mol. The molecule has 2 fully saturated rings. The molecule has 3 rings (SSSR count). The molecule has 1 aliphatic carbocycles. The molecule has 1 aromatic rings. The number of aliphatic hydroxyl groups excluding tert-OH is 1. The van der Waals surface area contributed by atoms with Crippen molar-refractivity contribution in [3.63, 3.8) is 0 Å². The summed E-state index contributed by atoms with van der Waals surface area (Å²) in [6.07, 6.45) is 7.62. The maximum Gasteiger partial charge on any atom is 0.275 e. The first-order valence-corrected chi connectivity index (χ1v) is 7.85. The molecule has 21 heavy (non-hydrogen) atoms. The second-order valence-corrected chi connectivity index (χ2v) is 6.18.